The first-order chi connectivity index (χ1) is 10.6. The first-order valence-corrected chi connectivity index (χ1v) is 7.76. The van der Waals surface area contributed by atoms with Crippen molar-refractivity contribution in [1.82, 2.24) is 9.47 Å². The number of rotatable bonds is 5. The minimum Gasteiger partial charge on any atom is -0.492 e. The predicted molar refractivity (Wildman–Crippen MR) is 87.1 cm³/mol. The number of hydrogen-bond donors (Lipinski definition) is 0. The van der Waals surface area contributed by atoms with Gasteiger partial charge >= 0.3 is 0 Å². The monoisotopic (exact) mass is 298 g/mol. The van der Waals surface area contributed by atoms with E-state index in [-0.39, 0.29) is 5.78 Å². The predicted octanol–water partition coefficient (Wildman–Crippen LogP) is 2.94. The molecule has 0 radical (unpaired) electrons. The third kappa shape index (κ3) is 3.07. The van der Waals surface area contributed by atoms with E-state index >= 15 is 0 Å². The largest absolute Gasteiger partial charge is 0.492 e. The lowest BCUT2D eigenvalue weighted by Gasteiger charge is -2.16. The number of Topliss-reactive ketones (excluding diaryl/α,β-unsaturated/α-hetero) is 1. The molecule has 2 aromatic rings. The van der Waals surface area contributed by atoms with E-state index in [4.69, 9.17) is 4.74 Å². The van der Waals surface area contributed by atoms with Crippen molar-refractivity contribution in [2.45, 2.75) is 19.3 Å². The molecule has 1 aromatic carbocycles. The summed E-state index contributed by atoms with van der Waals surface area (Å²) < 4.78 is 7.92. The number of fused-ring (bicyclic) bond motifs is 1. The third-order valence-electron chi connectivity index (χ3n) is 4.01. The highest BCUT2D eigenvalue weighted by Gasteiger charge is 2.21. The molecule has 1 aromatic heterocycles. The highest BCUT2D eigenvalue weighted by atomic mass is 16.5. The summed E-state index contributed by atoms with van der Waals surface area (Å²) in [7, 11) is 4.06. The van der Waals surface area contributed by atoms with E-state index in [0.29, 0.717) is 13.0 Å². The van der Waals surface area contributed by atoms with Gasteiger partial charge in [-0.25, -0.2) is 0 Å². The van der Waals surface area contributed by atoms with E-state index in [9.17, 15) is 4.79 Å². The molecule has 0 atom stereocenters. The fourth-order valence-electron chi connectivity index (χ4n) is 2.84. The number of aromatic nitrogens is 1. The van der Waals surface area contributed by atoms with Gasteiger partial charge in [0.1, 0.15) is 12.4 Å². The molecule has 22 heavy (non-hydrogen) atoms. The average molecular weight is 298 g/mol. The van der Waals surface area contributed by atoms with Crippen LogP contribution in [0.15, 0.2) is 36.5 Å². The third-order valence-corrected chi connectivity index (χ3v) is 4.01. The number of nitrogens with zero attached hydrogens (tertiary/aromatic N) is 2. The number of hydrogen-bond acceptors (Lipinski definition) is 3. The van der Waals surface area contributed by atoms with Crippen LogP contribution >= 0.6 is 0 Å². The van der Waals surface area contributed by atoms with Crippen molar-refractivity contribution in [3.63, 3.8) is 0 Å². The molecule has 0 fully saturated rings. The van der Waals surface area contributed by atoms with Crippen molar-refractivity contribution >= 4 is 5.78 Å². The van der Waals surface area contributed by atoms with Gasteiger partial charge in [0.15, 0.2) is 5.78 Å². The Bertz CT molecular complexity index is 673. The number of benzene rings is 1. The van der Waals surface area contributed by atoms with Gasteiger partial charge < -0.3 is 14.2 Å². The standard InChI is InChI=1S/C18H22N2O2/c1-19(2)11-12-22-15-6-3-5-14(13-15)20-10-9-16-17(20)7-4-8-18(16)21/h3,5-6,9-10,13H,4,7-8,11-12H2,1-2H3. The molecule has 0 N–H and O–H groups in total. The van der Waals surface area contributed by atoms with Crippen molar-refractivity contribution in [2.24, 2.45) is 0 Å². The lowest BCUT2D eigenvalue weighted by molar-refractivity contribution is 0.0972. The fraction of sp³-hybridized carbons (Fsp3) is 0.389. The Kier molecular flexibility index (Phi) is 4.29. The van der Waals surface area contributed by atoms with Crippen molar-refractivity contribution in [1.29, 1.82) is 0 Å². The maximum Gasteiger partial charge on any atom is 0.164 e. The van der Waals surface area contributed by atoms with Crippen LogP contribution in [0.25, 0.3) is 5.69 Å². The average Bonchev–Trinajstić information content (AvgIpc) is 2.93. The van der Waals surface area contributed by atoms with Gasteiger partial charge in [-0.1, -0.05) is 6.07 Å². The Morgan fingerprint density at radius 3 is 2.91 bits per heavy atom. The van der Waals surface area contributed by atoms with Crippen LogP contribution in [-0.2, 0) is 6.42 Å². The van der Waals surface area contributed by atoms with Crippen LogP contribution in [0.4, 0.5) is 0 Å². The molecule has 0 saturated carbocycles. The Balaban J connectivity index is 1.82. The summed E-state index contributed by atoms with van der Waals surface area (Å²) in [6.45, 7) is 1.55. The summed E-state index contributed by atoms with van der Waals surface area (Å²) in [6, 6.07) is 10.0. The quantitative estimate of drug-likeness (QED) is 0.851. The number of carbonyl (C=O) groups excluding carboxylic acids is 1. The molecule has 0 spiro atoms. The zero-order valence-electron chi connectivity index (χ0n) is 13.2. The van der Waals surface area contributed by atoms with E-state index < -0.39 is 0 Å². The molecule has 1 aliphatic carbocycles. The van der Waals surface area contributed by atoms with Gasteiger partial charge in [0.05, 0.1) is 0 Å². The van der Waals surface area contributed by atoms with Crippen molar-refractivity contribution in [3.05, 3.63) is 47.8 Å². The molecule has 1 aliphatic rings. The van der Waals surface area contributed by atoms with Gasteiger partial charge in [0, 0.05) is 42.2 Å². The number of likely N-dealkylation sites (N-methyl/N-ethyl adjacent to an activating group) is 1. The van der Waals surface area contributed by atoms with Gasteiger partial charge in [-0.05, 0) is 45.1 Å². The molecule has 0 saturated heterocycles. The zero-order valence-corrected chi connectivity index (χ0v) is 13.2. The highest BCUT2D eigenvalue weighted by Crippen LogP contribution is 2.26. The molecule has 4 heteroatoms. The van der Waals surface area contributed by atoms with E-state index in [1.165, 1.54) is 0 Å². The fourth-order valence-corrected chi connectivity index (χ4v) is 2.84. The van der Waals surface area contributed by atoms with Crippen LogP contribution in [0.5, 0.6) is 5.75 Å². The van der Waals surface area contributed by atoms with Crippen molar-refractivity contribution in [3.8, 4) is 11.4 Å². The first-order valence-electron chi connectivity index (χ1n) is 7.76. The summed E-state index contributed by atoms with van der Waals surface area (Å²) in [5, 5.41) is 0. The second-order valence-electron chi connectivity index (χ2n) is 5.97. The smallest absolute Gasteiger partial charge is 0.164 e. The van der Waals surface area contributed by atoms with Crippen LogP contribution in [0.1, 0.15) is 28.9 Å². The Hall–Kier alpha value is -2.07. The SMILES string of the molecule is CN(C)CCOc1cccc(-n2ccc3c2CCCC3=O)c1. The maximum absolute atomic E-state index is 12.0. The molecular weight excluding hydrogens is 276 g/mol. The van der Waals surface area contributed by atoms with Gasteiger partial charge in [0.2, 0.25) is 0 Å². The van der Waals surface area contributed by atoms with Crippen molar-refractivity contribution in [2.75, 3.05) is 27.2 Å². The van der Waals surface area contributed by atoms with Gasteiger partial charge in [-0.2, -0.15) is 0 Å². The maximum atomic E-state index is 12.0. The summed E-state index contributed by atoms with van der Waals surface area (Å²) in [5.74, 6) is 1.13. The number of ketones is 1. The molecular formula is C18H22N2O2. The van der Waals surface area contributed by atoms with E-state index in [2.05, 4.69) is 15.5 Å². The molecule has 3 rings (SSSR count). The molecule has 0 aliphatic heterocycles. The van der Waals surface area contributed by atoms with Gasteiger partial charge in [-0.3, -0.25) is 4.79 Å². The summed E-state index contributed by atoms with van der Waals surface area (Å²) in [6.07, 6.45) is 4.56. The second-order valence-corrected chi connectivity index (χ2v) is 5.97. The number of ether oxygens (including phenoxy) is 1. The van der Waals surface area contributed by atoms with Crippen LogP contribution in [-0.4, -0.2) is 42.5 Å². The summed E-state index contributed by atoms with van der Waals surface area (Å²) >= 11 is 0. The van der Waals surface area contributed by atoms with Crippen LogP contribution in [0.2, 0.25) is 0 Å². The summed E-state index contributed by atoms with van der Waals surface area (Å²) in [4.78, 5) is 14.1. The molecule has 0 unspecified atom stereocenters. The normalized spacial score (nSPS) is 14.2. The number of carbonyl (C=O) groups is 1. The van der Waals surface area contributed by atoms with Gasteiger partial charge in [0.25, 0.3) is 0 Å². The van der Waals surface area contributed by atoms with E-state index in [0.717, 1.165) is 42.1 Å². The van der Waals surface area contributed by atoms with Gasteiger partial charge in [-0.15, -0.1) is 0 Å². The molecule has 4 nitrogen and oxygen atoms in total. The Morgan fingerprint density at radius 1 is 1.23 bits per heavy atom. The topological polar surface area (TPSA) is 34.5 Å². The molecule has 0 bridgehead atoms. The molecule has 116 valence electrons. The Morgan fingerprint density at radius 2 is 2.09 bits per heavy atom. The highest BCUT2D eigenvalue weighted by molar-refractivity contribution is 5.98. The summed E-state index contributed by atoms with van der Waals surface area (Å²) in [5.41, 5.74) is 3.06. The minimum atomic E-state index is 0.262. The second kappa shape index (κ2) is 6.36. The molecule has 1 heterocycles. The lowest BCUT2D eigenvalue weighted by Crippen LogP contribution is -2.19. The van der Waals surface area contributed by atoms with E-state index in [1.807, 2.05) is 44.6 Å². The van der Waals surface area contributed by atoms with Crippen LogP contribution in [0.3, 0.4) is 0 Å². The zero-order chi connectivity index (χ0) is 15.5. The first kappa shape index (κ1) is 14.9. The minimum absolute atomic E-state index is 0.262. The van der Waals surface area contributed by atoms with E-state index in [1.54, 1.807) is 0 Å². The Labute approximate surface area is 131 Å². The van der Waals surface area contributed by atoms with Crippen molar-refractivity contribution < 1.29 is 9.53 Å². The molecule has 0 amide bonds. The van der Waals surface area contributed by atoms with Crippen LogP contribution in [0, 0.1) is 0 Å². The van der Waals surface area contributed by atoms with Crippen LogP contribution < -0.4 is 4.74 Å². The lowest BCUT2D eigenvalue weighted by atomic mass is 9.97.